The molecule has 0 aromatic heterocycles. The van der Waals surface area contributed by atoms with Crippen LogP contribution >= 0.6 is 0 Å². The predicted molar refractivity (Wildman–Crippen MR) is 72.0 cm³/mol. The molecule has 0 aliphatic rings. The third-order valence-electron chi connectivity index (χ3n) is 3.22. The molecule has 106 valence electrons. The van der Waals surface area contributed by atoms with Crippen LogP contribution in [0.25, 0.3) is 0 Å². The van der Waals surface area contributed by atoms with Crippen molar-refractivity contribution in [3.8, 4) is 0 Å². The van der Waals surface area contributed by atoms with Gasteiger partial charge in [0, 0.05) is 0 Å². The van der Waals surface area contributed by atoms with E-state index in [0.29, 0.717) is 24.0 Å². The molecular weight excluding hydrogens is 262 g/mol. The summed E-state index contributed by atoms with van der Waals surface area (Å²) in [5.74, 6) is -0.709. The van der Waals surface area contributed by atoms with Crippen molar-refractivity contribution in [2.75, 3.05) is 0 Å². The van der Waals surface area contributed by atoms with Crippen molar-refractivity contribution in [2.45, 2.75) is 25.0 Å². The lowest BCUT2D eigenvalue weighted by Gasteiger charge is -2.15. The van der Waals surface area contributed by atoms with Gasteiger partial charge in [-0.15, -0.1) is 0 Å². The highest BCUT2D eigenvalue weighted by Gasteiger charge is 2.13. The first kappa shape index (κ1) is 14.6. The molecule has 2 aromatic rings. The summed E-state index contributed by atoms with van der Waals surface area (Å²) in [6.45, 7) is 0. The summed E-state index contributed by atoms with van der Waals surface area (Å²) in [5.41, 5.74) is 1.22. The van der Waals surface area contributed by atoms with Gasteiger partial charge in [0.05, 0.1) is 12.2 Å². The molecule has 0 aliphatic carbocycles. The van der Waals surface area contributed by atoms with Crippen LogP contribution in [0.5, 0.6) is 0 Å². The molecular formula is C16H16F2O2. The summed E-state index contributed by atoms with van der Waals surface area (Å²) < 4.78 is 25.5. The van der Waals surface area contributed by atoms with Gasteiger partial charge in [-0.1, -0.05) is 24.3 Å². The van der Waals surface area contributed by atoms with E-state index in [1.807, 2.05) is 0 Å². The summed E-state index contributed by atoms with van der Waals surface area (Å²) in [4.78, 5) is 0. The zero-order valence-corrected chi connectivity index (χ0v) is 10.8. The summed E-state index contributed by atoms with van der Waals surface area (Å²) in [7, 11) is 0. The maximum Gasteiger partial charge on any atom is 0.123 e. The third-order valence-corrected chi connectivity index (χ3v) is 3.22. The first-order chi connectivity index (χ1) is 9.56. The Labute approximate surface area is 116 Å². The fraction of sp³-hybridized carbons (Fsp3) is 0.250. The van der Waals surface area contributed by atoms with Crippen molar-refractivity contribution < 1.29 is 19.0 Å². The lowest BCUT2D eigenvalue weighted by atomic mass is 9.99. The smallest absolute Gasteiger partial charge is 0.123 e. The molecule has 2 N–H and O–H groups in total. The van der Waals surface area contributed by atoms with Gasteiger partial charge in [-0.05, 0) is 48.2 Å². The standard InChI is InChI=1S/C16H16F2O2/c17-13-5-1-11(2-6-13)15(19)9-10-16(20)12-3-7-14(18)8-4-12/h1-8,15-16,19-20H,9-10H2. The Morgan fingerprint density at radius 3 is 1.25 bits per heavy atom. The van der Waals surface area contributed by atoms with E-state index in [1.165, 1.54) is 48.5 Å². The lowest BCUT2D eigenvalue weighted by molar-refractivity contribution is 0.115. The quantitative estimate of drug-likeness (QED) is 0.878. The molecule has 0 heterocycles. The maximum absolute atomic E-state index is 12.8. The molecule has 2 aromatic carbocycles. The minimum absolute atomic E-state index is 0.337. The van der Waals surface area contributed by atoms with Crippen molar-refractivity contribution >= 4 is 0 Å². The van der Waals surface area contributed by atoms with Crippen LogP contribution < -0.4 is 0 Å². The minimum atomic E-state index is -0.759. The number of aliphatic hydroxyl groups excluding tert-OH is 2. The normalized spacial score (nSPS) is 14.0. The van der Waals surface area contributed by atoms with Crippen molar-refractivity contribution in [2.24, 2.45) is 0 Å². The molecule has 2 atom stereocenters. The second kappa shape index (κ2) is 6.59. The van der Waals surface area contributed by atoms with Gasteiger partial charge in [0.2, 0.25) is 0 Å². The Morgan fingerprint density at radius 2 is 0.950 bits per heavy atom. The summed E-state index contributed by atoms with van der Waals surface area (Å²) in [6, 6.07) is 11.2. The molecule has 2 rings (SSSR count). The molecule has 2 nitrogen and oxygen atoms in total. The van der Waals surface area contributed by atoms with Gasteiger partial charge in [0.25, 0.3) is 0 Å². The Hall–Kier alpha value is -1.78. The number of halogens is 2. The van der Waals surface area contributed by atoms with Gasteiger partial charge >= 0.3 is 0 Å². The van der Waals surface area contributed by atoms with Crippen LogP contribution in [0.1, 0.15) is 36.2 Å². The molecule has 0 radical (unpaired) electrons. The Morgan fingerprint density at radius 1 is 0.650 bits per heavy atom. The maximum atomic E-state index is 12.8. The highest BCUT2D eigenvalue weighted by molar-refractivity contribution is 5.20. The fourth-order valence-corrected chi connectivity index (χ4v) is 2.02. The third kappa shape index (κ3) is 3.85. The minimum Gasteiger partial charge on any atom is -0.388 e. The van der Waals surface area contributed by atoms with Crippen LogP contribution in [-0.2, 0) is 0 Å². The average molecular weight is 278 g/mol. The van der Waals surface area contributed by atoms with E-state index in [1.54, 1.807) is 0 Å². The van der Waals surface area contributed by atoms with E-state index in [-0.39, 0.29) is 11.6 Å². The van der Waals surface area contributed by atoms with Gasteiger partial charge in [-0.2, -0.15) is 0 Å². The number of hydrogen-bond donors (Lipinski definition) is 2. The van der Waals surface area contributed by atoms with Crippen LogP contribution in [0, 0.1) is 11.6 Å². The van der Waals surface area contributed by atoms with Crippen LogP contribution in [-0.4, -0.2) is 10.2 Å². The van der Waals surface area contributed by atoms with Crippen LogP contribution in [0.4, 0.5) is 8.78 Å². The van der Waals surface area contributed by atoms with Crippen LogP contribution in [0.3, 0.4) is 0 Å². The topological polar surface area (TPSA) is 40.5 Å². The first-order valence-corrected chi connectivity index (χ1v) is 6.43. The van der Waals surface area contributed by atoms with E-state index in [4.69, 9.17) is 0 Å². The Balaban J connectivity index is 1.91. The largest absolute Gasteiger partial charge is 0.388 e. The SMILES string of the molecule is OC(CCC(O)c1ccc(F)cc1)c1ccc(F)cc1. The highest BCUT2D eigenvalue weighted by atomic mass is 19.1. The number of benzene rings is 2. The molecule has 0 fully saturated rings. The second-order valence-electron chi connectivity index (χ2n) is 4.71. The molecule has 0 bridgehead atoms. The molecule has 0 aliphatic heterocycles. The van der Waals surface area contributed by atoms with Crippen LogP contribution in [0.2, 0.25) is 0 Å². The van der Waals surface area contributed by atoms with Crippen molar-refractivity contribution in [1.82, 2.24) is 0 Å². The molecule has 4 heteroatoms. The van der Waals surface area contributed by atoms with Crippen molar-refractivity contribution in [1.29, 1.82) is 0 Å². The number of rotatable bonds is 5. The summed E-state index contributed by atoms with van der Waals surface area (Å²) in [6.07, 6.45) is -0.842. The molecule has 0 saturated carbocycles. The number of hydrogen-bond acceptors (Lipinski definition) is 2. The number of aliphatic hydroxyl groups is 2. The summed E-state index contributed by atoms with van der Waals surface area (Å²) in [5, 5.41) is 19.9. The fourth-order valence-electron chi connectivity index (χ4n) is 2.02. The van der Waals surface area contributed by atoms with E-state index in [0.717, 1.165) is 0 Å². The van der Waals surface area contributed by atoms with E-state index >= 15 is 0 Å². The van der Waals surface area contributed by atoms with E-state index < -0.39 is 12.2 Å². The highest BCUT2D eigenvalue weighted by Crippen LogP contribution is 2.25. The zero-order chi connectivity index (χ0) is 14.5. The van der Waals surface area contributed by atoms with Crippen molar-refractivity contribution in [3.63, 3.8) is 0 Å². The van der Waals surface area contributed by atoms with Crippen molar-refractivity contribution in [3.05, 3.63) is 71.3 Å². The molecule has 0 amide bonds. The van der Waals surface area contributed by atoms with Gasteiger partial charge in [-0.25, -0.2) is 8.78 Å². The predicted octanol–water partition coefficient (Wildman–Crippen LogP) is 3.51. The Kier molecular flexibility index (Phi) is 4.82. The van der Waals surface area contributed by atoms with Crippen LogP contribution in [0.15, 0.2) is 48.5 Å². The monoisotopic (exact) mass is 278 g/mol. The molecule has 20 heavy (non-hydrogen) atoms. The van der Waals surface area contributed by atoms with Gasteiger partial charge < -0.3 is 10.2 Å². The average Bonchev–Trinajstić information content (AvgIpc) is 2.46. The van der Waals surface area contributed by atoms with E-state index in [9.17, 15) is 19.0 Å². The molecule has 2 unspecified atom stereocenters. The molecule has 0 spiro atoms. The second-order valence-corrected chi connectivity index (χ2v) is 4.71. The zero-order valence-electron chi connectivity index (χ0n) is 10.8. The van der Waals surface area contributed by atoms with Gasteiger partial charge in [0.1, 0.15) is 11.6 Å². The first-order valence-electron chi connectivity index (χ1n) is 6.43. The van der Waals surface area contributed by atoms with E-state index in [2.05, 4.69) is 0 Å². The van der Waals surface area contributed by atoms with Gasteiger partial charge in [-0.3, -0.25) is 0 Å². The van der Waals surface area contributed by atoms with Gasteiger partial charge in [0.15, 0.2) is 0 Å². The lowest BCUT2D eigenvalue weighted by Crippen LogP contribution is -2.03. The summed E-state index contributed by atoms with van der Waals surface area (Å²) >= 11 is 0. The molecule has 0 saturated heterocycles. The Bertz CT molecular complexity index is 486.